The number of alkyl carbamates (subject to hydrolysis) is 1. The number of aromatic hydroxyl groups is 1. The molecular weight excluding hydrogens is 590 g/mol. The van der Waals surface area contributed by atoms with Crippen molar-refractivity contribution >= 4 is 40.4 Å². The Labute approximate surface area is 277 Å². The lowest BCUT2D eigenvalue weighted by molar-refractivity contribution is -0.140. The van der Waals surface area contributed by atoms with E-state index in [9.17, 15) is 19.5 Å². The van der Waals surface area contributed by atoms with Crippen LogP contribution in [0.2, 0.25) is 0 Å². The normalized spacial score (nSPS) is 12.5. The molecule has 246 valence electrons. The average molecular weight is 636 g/mol. The summed E-state index contributed by atoms with van der Waals surface area (Å²) in [5.74, 6) is -0.722. The lowest BCUT2D eigenvalue weighted by Gasteiger charge is -2.35. The number of anilines is 1. The van der Waals surface area contributed by atoms with E-state index in [0.717, 1.165) is 34.7 Å². The van der Waals surface area contributed by atoms with E-state index in [0.29, 0.717) is 17.7 Å². The Morgan fingerprint density at radius 2 is 1.64 bits per heavy atom. The molecule has 0 aliphatic carbocycles. The molecule has 0 bridgehead atoms. The molecule has 8 heteroatoms. The van der Waals surface area contributed by atoms with Crippen molar-refractivity contribution in [3.8, 4) is 5.75 Å². The molecule has 2 unspecified atom stereocenters. The Balaban J connectivity index is 1.77. The Morgan fingerprint density at radius 3 is 2.32 bits per heavy atom. The first-order valence-corrected chi connectivity index (χ1v) is 16.1. The van der Waals surface area contributed by atoms with E-state index in [-0.39, 0.29) is 24.6 Å². The van der Waals surface area contributed by atoms with Gasteiger partial charge in [-0.1, -0.05) is 93.1 Å². The van der Waals surface area contributed by atoms with E-state index in [1.54, 1.807) is 43.9 Å². The van der Waals surface area contributed by atoms with Crippen molar-refractivity contribution in [2.75, 3.05) is 11.9 Å². The fourth-order valence-corrected chi connectivity index (χ4v) is 5.42. The van der Waals surface area contributed by atoms with E-state index >= 15 is 0 Å². The Kier molecular flexibility index (Phi) is 11.8. The molecule has 0 saturated heterocycles. The maximum atomic E-state index is 14.7. The smallest absolute Gasteiger partial charge is 0.408 e. The summed E-state index contributed by atoms with van der Waals surface area (Å²) in [5, 5.41) is 17.7. The fraction of sp³-hybridized carbons (Fsp3) is 0.308. The number of ether oxygens (including phenoxy) is 1. The summed E-state index contributed by atoms with van der Waals surface area (Å²) >= 11 is 0. The Morgan fingerprint density at radius 1 is 0.915 bits per heavy atom. The first kappa shape index (κ1) is 34.8. The summed E-state index contributed by atoms with van der Waals surface area (Å²) in [6, 6.07) is 25.4. The third-order valence-corrected chi connectivity index (χ3v) is 7.69. The zero-order valence-corrected chi connectivity index (χ0v) is 27.7. The van der Waals surface area contributed by atoms with Gasteiger partial charge in [0, 0.05) is 18.7 Å². The highest BCUT2D eigenvalue weighted by Gasteiger charge is 2.36. The van der Waals surface area contributed by atoms with Gasteiger partial charge in [0.15, 0.2) is 0 Å². The van der Waals surface area contributed by atoms with E-state index in [2.05, 4.69) is 24.1 Å². The molecule has 0 aromatic heterocycles. The number of amides is 3. The second-order valence-corrected chi connectivity index (χ2v) is 12.6. The highest BCUT2D eigenvalue weighted by atomic mass is 16.6. The lowest BCUT2D eigenvalue weighted by Crippen LogP contribution is -2.53. The van der Waals surface area contributed by atoms with Crippen molar-refractivity contribution in [1.82, 2.24) is 10.2 Å². The van der Waals surface area contributed by atoms with Crippen LogP contribution in [0, 0.1) is 0 Å². The van der Waals surface area contributed by atoms with Gasteiger partial charge in [-0.15, -0.1) is 0 Å². The maximum Gasteiger partial charge on any atom is 0.408 e. The number of phenols is 1. The van der Waals surface area contributed by atoms with Crippen LogP contribution in [0.15, 0.2) is 97.6 Å². The van der Waals surface area contributed by atoms with Gasteiger partial charge in [0.05, 0.1) is 0 Å². The molecule has 4 aromatic carbocycles. The number of unbranched alkanes of at least 4 members (excludes halogenated alkanes) is 2. The number of hydrogen-bond acceptors (Lipinski definition) is 5. The molecule has 0 aliphatic heterocycles. The molecule has 4 aromatic rings. The largest absolute Gasteiger partial charge is 0.508 e. The van der Waals surface area contributed by atoms with Crippen molar-refractivity contribution in [3.63, 3.8) is 0 Å². The van der Waals surface area contributed by atoms with Gasteiger partial charge in [-0.3, -0.25) is 9.59 Å². The van der Waals surface area contributed by atoms with Crippen molar-refractivity contribution in [2.45, 2.75) is 71.1 Å². The number of hydrogen-bond donors (Lipinski definition) is 3. The topological polar surface area (TPSA) is 108 Å². The van der Waals surface area contributed by atoms with E-state index in [1.807, 2.05) is 66.7 Å². The van der Waals surface area contributed by atoms with Crippen LogP contribution in [-0.2, 0) is 20.7 Å². The Bertz CT molecular complexity index is 1690. The molecule has 0 radical (unpaired) electrons. The molecule has 0 spiro atoms. The summed E-state index contributed by atoms with van der Waals surface area (Å²) in [5.41, 5.74) is 1.96. The van der Waals surface area contributed by atoms with E-state index in [4.69, 9.17) is 4.74 Å². The van der Waals surface area contributed by atoms with Crippen molar-refractivity contribution in [2.24, 2.45) is 0 Å². The minimum Gasteiger partial charge on any atom is -0.508 e. The Hall–Kier alpha value is -5.11. The van der Waals surface area contributed by atoms with E-state index < -0.39 is 29.7 Å². The highest BCUT2D eigenvalue weighted by molar-refractivity contribution is 6.00. The summed E-state index contributed by atoms with van der Waals surface area (Å²) in [6.07, 6.45) is 3.49. The van der Waals surface area contributed by atoms with Crippen molar-refractivity contribution in [3.05, 3.63) is 114 Å². The number of phenolic OH excluding ortho intramolecular Hbond substituents is 1. The van der Waals surface area contributed by atoms with Gasteiger partial charge in [0.2, 0.25) is 5.91 Å². The number of nitrogens with zero attached hydrogens (tertiary/aromatic N) is 1. The molecule has 8 nitrogen and oxygen atoms in total. The first-order chi connectivity index (χ1) is 22.5. The van der Waals surface area contributed by atoms with Crippen LogP contribution in [-0.4, -0.2) is 46.1 Å². The van der Waals surface area contributed by atoms with Crippen molar-refractivity contribution in [1.29, 1.82) is 0 Å². The van der Waals surface area contributed by atoms with Crippen molar-refractivity contribution < 1.29 is 24.2 Å². The van der Waals surface area contributed by atoms with Gasteiger partial charge < -0.3 is 25.4 Å². The number of carbonyl (C=O) groups excluding carboxylic acids is 3. The number of benzene rings is 4. The standard InChI is InChI=1S/C39H45N3O5/c1-6-8-11-23-42(37(45)34(41-38(46)47-39(3,4)5)25-28-17-21-33(43)22-18-28)35(31-16-12-13-27(7-2)24-31)36(44)40-32-20-19-29-14-9-10-15-30(29)26-32/h7,9-10,12-22,24,26,34-35,43H,2,6,8,11,23,25H2,1,3-5H3,(H,40,44)(H,41,46). The second-order valence-electron chi connectivity index (χ2n) is 12.6. The molecule has 2 atom stereocenters. The quantitative estimate of drug-likeness (QED) is 0.129. The first-order valence-electron chi connectivity index (χ1n) is 16.1. The number of nitrogens with one attached hydrogen (secondary N) is 2. The van der Waals surface area contributed by atoms with Crippen LogP contribution in [0.1, 0.15) is 69.7 Å². The molecule has 4 rings (SSSR count). The minimum absolute atomic E-state index is 0.0884. The molecule has 3 N–H and O–H groups in total. The van der Waals surface area contributed by atoms with Gasteiger partial charge in [-0.2, -0.15) is 0 Å². The van der Waals surface area contributed by atoms with Gasteiger partial charge in [0.25, 0.3) is 5.91 Å². The second kappa shape index (κ2) is 15.9. The third kappa shape index (κ3) is 9.94. The van der Waals surface area contributed by atoms with Crippen LogP contribution >= 0.6 is 0 Å². The molecule has 47 heavy (non-hydrogen) atoms. The molecule has 0 heterocycles. The fourth-order valence-electron chi connectivity index (χ4n) is 5.42. The molecular formula is C39H45N3O5. The molecule has 0 aliphatic rings. The third-order valence-electron chi connectivity index (χ3n) is 7.69. The predicted octanol–water partition coefficient (Wildman–Crippen LogP) is 8.02. The van der Waals surface area contributed by atoms with Gasteiger partial charge in [-0.05, 0) is 85.0 Å². The van der Waals surface area contributed by atoms with Gasteiger partial charge in [0.1, 0.15) is 23.4 Å². The summed E-state index contributed by atoms with van der Waals surface area (Å²) in [7, 11) is 0. The zero-order chi connectivity index (χ0) is 34.0. The van der Waals surface area contributed by atoms with Crippen LogP contribution in [0.3, 0.4) is 0 Å². The van der Waals surface area contributed by atoms with Gasteiger partial charge in [-0.25, -0.2) is 4.79 Å². The summed E-state index contributed by atoms with van der Waals surface area (Å²) < 4.78 is 5.54. The summed E-state index contributed by atoms with van der Waals surface area (Å²) in [4.78, 5) is 43.7. The lowest BCUT2D eigenvalue weighted by atomic mass is 9.98. The van der Waals surface area contributed by atoms with Gasteiger partial charge >= 0.3 is 6.09 Å². The summed E-state index contributed by atoms with van der Waals surface area (Å²) in [6.45, 7) is 11.5. The monoisotopic (exact) mass is 635 g/mol. The molecule has 0 fully saturated rings. The number of rotatable bonds is 13. The predicted molar refractivity (Wildman–Crippen MR) is 188 cm³/mol. The van der Waals surface area contributed by atoms with E-state index in [1.165, 1.54) is 12.1 Å². The minimum atomic E-state index is -1.06. The molecule has 0 saturated carbocycles. The molecule has 3 amide bonds. The van der Waals surface area contributed by atoms with Crippen LogP contribution < -0.4 is 10.6 Å². The highest BCUT2D eigenvalue weighted by Crippen LogP contribution is 2.28. The number of fused-ring (bicyclic) bond motifs is 1. The maximum absolute atomic E-state index is 14.7. The SMILES string of the molecule is C=Cc1cccc(C(C(=O)Nc2ccc3ccccc3c2)N(CCCCC)C(=O)C(Cc2ccc(O)cc2)NC(=O)OC(C)(C)C)c1. The van der Waals surface area contributed by atoms with Crippen LogP contribution in [0.25, 0.3) is 16.8 Å². The average Bonchev–Trinajstić information content (AvgIpc) is 3.04. The number of carbonyl (C=O) groups is 3. The van der Waals surface area contributed by atoms with Crippen LogP contribution in [0.5, 0.6) is 5.75 Å². The zero-order valence-electron chi connectivity index (χ0n) is 27.7. The van der Waals surface area contributed by atoms with Crippen LogP contribution in [0.4, 0.5) is 10.5 Å².